The minimum Gasteiger partial charge on any atom is -0.364 e. The molecule has 0 radical (unpaired) electrons. The van der Waals surface area contributed by atoms with Crippen LogP contribution in [0.15, 0.2) is 41.1 Å². The lowest BCUT2D eigenvalue weighted by Crippen LogP contribution is -2.31. The van der Waals surface area contributed by atoms with Crippen molar-refractivity contribution in [3.63, 3.8) is 0 Å². The van der Waals surface area contributed by atoms with Crippen LogP contribution in [0.25, 0.3) is 0 Å². The van der Waals surface area contributed by atoms with E-state index in [1.54, 1.807) is 18.0 Å². The van der Waals surface area contributed by atoms with E-state index in [2.05, 4.69) is 49.8 Å². The van der Waals surface area contributed by atoms with Crippen LogP contribution >= 0.6 is 0 Å². The van der Waals surface area contributed by atoms with Crippen LogP contribution in [0.3, 0.4) is 0 Å². The average molecular weight is 409 g/mol. The first-order chi connectivity index (χ1) is 14.6. The summed E-state index contributed by atoms with van der Waals surface area (Å²) in [5, 5.41) is 16.1. The average Bonchev–Trinajstić information content (AvgIpc) is 3.45. The minimum absolute atomic E-state index is 0.0627. The molecule has 3 aromatic rings. The third-order valence-corrected chi connectivity index (χ3v) is 5.80. The standard InChI is InChI=1S/C21H27N7O2/c1-16(19-10-13-30-23-19)26(2)21(29)8-5-11-28-20(22-24-25-28)15-27-12-9-17-6-3-4-7-18(17)14-27/h3-4,6-7,10,13,16H,5,8-9,11-12,14-15H2,1-2H3/t16-/m1/s1. The molecular formula is C21H27N7O2. The molecule has 0 fully saturated rings. The molecule has 30 heavy (non-hydrogen) atoms. The molecule has 0 bridgehead atoms. The van der Waals surface area contributed by atoms with Gasteiger partial charge < -0.3 is 9.42 Å². The van der Waals surface area contributed by atoms with Crippen LogP contribution in [0.1, 0.15) is 48.5 Å². The second-order valence-electron chi connectivity index (χ2n) is 7.76. The van der Waals surface area contributed by atoms with Crippen molar-refractivity contribution in [3.8, 4) is 0 Å². The molecule has 1 aliphatic rings. The highest BCUT2D eigenvalue weighted by molar-refractivity contribution is 5.76. The van der Waals surface area contributed by atoms with E-state index in [0.29, 0.717) is 25.9 Å². The summed E-state index contributed by atoms with van der Waals surface area (Å²) in [6.45, 7) is 5.16. The Morgan fingerprint density at radius 1 is 1.27 bits per heavy atom. The van der Waals surface area contributed by atoms with Crippen LogP contribution < -0.4 is 0 Å². The van der Waals surface area contributed by atoms with Gasteiger partial charge in [-0.15, -0.1) is 5.10 Å². The van der Waals surface area contributed by atoms with Crippen molar-refractivity contribution in [2.24, 2.45) is 0 Å². The maximum absolute atomic E-state index is 12.5. The van der Waals surface area contributed by atoms with Gasteiger partial charge in [0.2, 0.25) is 5.91 Å². The zero-order valence-electron chi connectivity index (χ0n) is 17.4. The van der Waals surface area contributed by atoms with Crippen molar-refractivity contribution >= 4 is 5.91 Å². The van der Waals surface area contributed by atoms with E-state index in [9.17, 15) is 4.79 Å². The van der Waals surface area contributed by atoms with Gasteiger partial charge in [0, 0.05) is 39.2 Å². The second-order valence-corrected chi connectivity index (χ2v) is 7.76. The van der Waals surface area contributed by atoms with Gasteiger partial charge in [0.25, 0.3) is 0 Å². The summed E-state index contributed by atoms with van der Waals surface area (Å²) >= 11 is 0. The molecule has 0 saturated carbocycles. The maximum Gasteiger partial charge on any atom is 0.222 e. The Morgan fingerprint density at radius 2 is 2.10 bits per heavy atom. The third-order valence-electron chi connectivity index (χ3n) is 5.80. The molecule has 0 unspecified atom stereocenters. The SMILES string of the molecule is C[C@H](c1ccon1)N(C)C(=O)CCCn1nnnc1CN1CCc2ccccc2C1. The molecule has 9 nitrogen and oxygen atoms in total. The molecule has 0 saturated heterocycles. The summed E-state index contributed by atoms with van der Waals surface area (Å²) in [7, 11) is 1.79. The largest absolute Gasteiger partial charge is 0.364 e. The van der Waals surface area contributed by atoms with Gasteiger partial charge in [-0.25, -0.2) is 4.68 Å². The van der Waals surface area contributed by atoms with Gasteiger partial charge in [-0.3, -0.25) is 9.69 Å². The molecule has 2 aromatic heterocycles. The molecule has 1 aromatic carbocycles. The fourth-order valence-corrected chi connectivity index (χ4v) is 3.81. The quantitative estimate of drug-likeness (QED) is 0.563. The highest BCUT2D eigenvalue weighted by Crippen LogP contribution is 2.20. The second kappa shape index (κ2) is 9.17. The smallest absolute Gasteiger partial charge is 0.222 e. The van der Waals surface area contributed by atoms with E-state index in [0.717, 1.165) is 31.0 Å². The van der Waals surface area contributed by atoms with Gasteiger partial charge in [0.15, 0.2) is 5.82 Å². The fraction of sp³-hybridized carbons (Fsp3) is 0.476. The zero-order valence-corrected chi connectivity index (χ0v) is 17.4. The van der Waals surface area contributed by atoms with E-state index in [1.807, 2.05) is 11.6 Å². The lowest BCUT2D eigenvalue weighted by Gasteiger charge is -2.28. The van der Waals surface area contributed by atoms with Crippen LogP contribution in [0, 0.1) is 0 Å². The lowest BCUT2D eigenvalue weighted by molar-refractivity contribution is -0.132. The number of hydrogen-bond donors (Lipinski definition) is 0. The molecule has 158 valence electrons. The first kappa shape index (κ1) is 20.2. The van der Waals surface area contributed by atoms with Crippen molar-refractivity contribution in [2.75, 3.05) is 13.6 Å². The Bertz CT molecular complexity index is 969. The molecule has 3 heterocycles. The maximum atomic E-state index is 12.5. The monoisotopic (exact) mass is 409 g/mol. The number of carbonyl (C=O) groups excluding carboxylic acids is 1. The number of fused-ring (bicyclic) bond motifs is 1. The first-order valence-corrected chi connectivity index (χ1v) is 10.3. The predicted molar refractivity (Wildman–Crippen MR) is 109 cm³/mol. The topological polar surface area (TPSA) is 93.2 Å². The Balaban J connectivity index is 1.27. The third kappa shape index (κ3) is 4.56. The van der Waals surface area contributed by atoms with Crippen molar-refractivity contribution in [3.05, 3.63) is 59.2 Å². The van der Waals surface area contributed by atoms with E-state index >= 15 is 0 Å². The van der Waals surface area contributed by atoms with E-state index in [1.165, 1.54) is 17.4 Å². The predicted octanol–water partition coefficient (Wildman–Crippen LogP) is 2.22. The zero-order chi connectivity index (χ0) is 20.9. The summed E-state index contributed by atoms with van der Waals surface area (Å²) in [5.74, 6) is 0.902. The number of carbonyl (C=O) groups is 1. The van der Waals surface area contributed by atoms with Gasteiger partial charge in [-0.2, -0.15) is 0 Å². The van der Waals surface area contributed by atoms with E-state index < -0.39 is 0 Å². The number of benzene rings is 1. The van der Waals surface area contributed by atoms with Crippen LogP contribution in [-0.2, 0) is 30.8 Å². The summed E-state index contributed by atoms with van der Waals surface area (Å²) in [6.07, 6.45) is 3.66. The number of aromatic nitrogens is 5. The minimum atomic E-state index is -0.123. The van der Waals surface area contributed by atoms with Gasteiger partial charge in [-0.1, -0.05) is 29.4 Å². The molecule has 0 spiro atoms. The molecule has 0 N–H and O–H groups in total. The van der Waals surface area contributed by atoms with Crippen molar-refractivity contribution in [2.45, 2.75) is 51.9 Å². The number of hydrogen-bond acceptors (Lipinski definition) is 7. The molecule has 1 atom stereocenters. The van der Waals surface area contributed by atoms with Gasteiger partial charge >= 0.3 is 0 Å². The molecular weight excluding hydrogens is 382 g/mol. The van der Waals surface area contributed by atoms with Crippen LogP contribution in [-0.4, -0.2) is 54.7 Å². The number of nitrogens with zero attached hydrogens (tertiary/aromatic N) is 7. The number of amides is 1. The van der Waals surface area contributed by atoms with Crippen LogP contribution in [0.2, 0.25) is 0 Å². The van der Waals surface area contributed by atoms with Crippen molar-refractivity contribution < 1.29 is 9.32 Å². The number of tetrazole rings is 1. The highest BCUT2D eigenvalue weighted by Gasteiger charge is 2.21. The van der Waals surface area contributed by atoms with E-state index in [4.69, 9.17) is 4.52 Å². The molecule has 9 heteroatoms. The Labute approximate surface area is 175 Å². The lowest BCUT2D eigenvalue weighted by atomic mass is 10.00. The van der Waals surface area contributed by atoms with Crippen molar-refractivity contribution in [1.82, 2.24) is 35.2 Å². The van der Waals surface area contributed by atoms with Gasteiger partial charge in [0.05, 0.1) is 12.6 Å². The van der Waals surface area contributed by atoms with Crippen LogP contribution in [0.5, 0.6) is 0 Å². The summed E-state index contributed by atoms with van der Waals surface area (Å²) in [6, 6.07) is 10.2. The van der Waals surface area contributed by atoms with Gasteiger partial charge in [-0.05, 0) is 41.3 Å². The van der Waals surface area contributed by atoms with E-state index in [-0.39, 0.29) is 11.9 Å². The van der Waals surface area contributed by atoms with Gasteiger partial charge in [0.1, 0.15) is 12.0 Å². The van der Waals surface area contributed by atoms with Crippen LogP contribution in [0.4, 0.5) is 0 Å². The first-order valence-electron chi connectivity index (χ1n) is 10.3. The molecule has 0 aliphatic carbocycles. The Hall–Kier alpha value is -3.07. The highest BCUT2D eigenvalue weighted by atomic mass is 16.5. The Kier molecular flexibility index (Phi) is 6.18. The molecule has 1 aliphatic heterocycles. The summed E-state index contributed by atoms with van der Waals surface area (Å²) in [5.41, 5.74) is 3.55. The van der Waals surface area contributed by atoms with Crippen molar-refractivity contribution in [1.29, 1.82) is 0 Å². The summed E-state index contributed by atoms with van der Waals surface area (Å²) in [4.78, 5) is 16.6. The molecule has 1 amide bonds. The Morgan fingerprint density at radius 3 is 2.90 bits per heavy atom. The number of aryl methyl sites for hydroxylation is 1. The number of rotatable bonds is 8. The molecule has 4 rings (SSSR count). The summed E-state index contributed by atoms with van der Waals surface area (Å²) < 4.78 is 6.69. The fourth-order valence-electron chi connectivity index (χ4n) is 3.81. The normalized spacial score (nSPS) is 15.0.